The molecule has 30 heavy (non-hydrogen) atoms. The lowest BCUT2D eigenvalue weighted by molar-refractivity contribution is 0.0664. The van der Waals surface area contributed by atoms with E-state index in [4.69, 9.17) is 0 Å². The van der Waals surface area contributed by atoms with Crippen LogP contribution in [0.3, 0.4) is 0 Å². The molecule has 4 rings (SSSR count). The summed E-state index contributed by atoms with van der Waals surface area (Å²) in [6, 6.07) is 18.6. The summed E-state index contributed by atoms with van der Waals surface area (Å²) in [5, 5.41) is 3.27. The highest BCUT2D eigenvalue weighted by Crippen LogP contribution is 2.07. The number of nitrogens with zero attached hydrogens (tertiary/aromatic N) is 3. The molecule has 0 atom stereocenters. The monoisotopic (exact) mass is 410 g/mol. The van der Waals surface area contributed by atoms with Crippen LogP contribution in [0.25, 0.3) is 0 Å². The molecule has 2 aromatic carbocycles. The van der Waals surface area contributed by atoms with Crippen LogP contribution < -0.4 is 5.32 Å². The molecular formula is C24H34N4O2. The van der Waals surface area contributed by atoms with E-state index in [1.807, 2.05) is 53.4 Å². The Kier molecular flexibility index (Phi) is 10.8. The largest absolute Gasteiger partial charge is 0.336 e. The van der Waals surface area contributed by atoms with Crippen LogP contribution in [0.4, 0.5) is 0 Å². The van der Waals surface area contributed by atoms with Crippen molar-refractivity contribution in [3.8, 4) is 0 Å². The number of likely N-dealkylation sites (N-methyl/N-ethyl adjacent to an activating group) is 2. The van der Waals surface area contributed by atoms with Crippen molar-refractivity contribution in [1.29, 1.82) is 0 Å². The summed E-state index contributed by atoms with van der Waals surface area (Å²) in [6.45, 7) is 8.36. The van der Waals surface area contributed by atoms with E-state index in [0.717, 1.165) is 56.7 Å². The van der Waals surface area contributed by atoms with E-state index in [1.54, 1.807) is 12.1 Å². The number of nitrogens with one attached hydrogen (secondary N) is 1. The van der Waals surface area contributed by atoms with Crippen LogP contribution in [0.5, 0.6) is 0 Å². The van der Waals surface area contributed by atoms with Gasteiger partial charge in [0.2, 0.25) is 0 Å². The van der Waals surface area contributed by atoms with Crippen LogP contribution >= 0.6 is 0 Å². The Morgan fingerprint density at radius 3 is 1.70 bits per heavy atom. The van der Waals surface area contributed by atoms with Crippen LogP contribution in [0.15, 0.2) is 60.7 Å². The molecule has 2 aliphatic rings. The first-order chi connectivity index (χ1) is 14.6. The Labute approximate surface area is 180 Å². The second-order valence-electron chi connectivity index (χ2n) is 7.54. The number of carbonyl (C=O) groups excluding carboxylic acids is 2. The zero-order chi connectivity index (χ0) is 21.6. The van der Waals surface area contributed by atoms with Gasteiger partial charge in [0.25, 0.3) is 5.91 Å². The van der Waals surface area contributed by atoms with Crippen molar-refractivity contribution in [2.45, 2.75) is 0 Å². The van der Waals surface area contributed by atoms with Gasteiger partial charge in [-0.3, -0.25) is 9.59 Å². The molecule has 0 aliphatic carbocycles. The molecule has 162 valence electrons. The van der Waals surface area contributed by atoms with Crippen molar-refractivity contribution in [2.75, 3.05) is 66.5 Å². The summed E-state index contributed by atoms with van der Waals surface area (Å²) in [6.07, 6.45) is 0.833. The summed E-state index contributed by atoms with van der Waals surface area (Å²) in [4.78, 5) is 28.5. The molecular weight excluding hydrogens is 376 g/mol. The molecule has 0 bridgehead atoms. The number of carbonyl (C=O) groups is 2. The average Bonchev–Trinajstić information content (AvgIpc) is 2.81. The molecule has 2 aromatic rings. The number of aldehydes is 1. The van der Waals surface area contributed by atoms with E-state index < -0.39 is 0 Å². The summed E-state index contributed by atoms with van der Waals surface area (Å²) >= 11 is 0. The first kappa shape index (κ1) is 23.7. The third-order valence-corrected chi connectivity index (χ3v) is 5.09. The number of rotatable bonds is 2. The highest BCUT2D eigenvalue weighted by atomic mass is 16.2. The third-order valence-electron chi connectivity index (χ3n) is 5.09. The minimum absolute atomic E-state index is 0.156. The number of piperazine rings is 2. The van der Waals surface area contributed by atoms with Gasteiger partial charge in [-0.25, -0.2) is 0 Å². The fraction of sp³-hybridized carbons (Fsp3) is 0.417. The summed E-state index contributed by atoms with van der Waals surface area (Å²) in [5.74, 6) is 0.156. The van der Waals surface area contributed by atoms with E-state index >= 15 is 0 Å². The Morgan fingerprint density at radius 2 is 1.27 bits per heavy atom. The Hall–Kier alpha value is -2.54. The van der Waals surface area contributed by atoms with Crippen molar-refractivity contribution >= 4 is 12.2 Å². The van der Waals surface area contributed by atoms with Gasteiger partial charge < -0.3 is 20.0 Å². The molecule has 0 saturated carbocycles. The second-order valence-corrected chi connectivity index (χ2v) is 7.54. The van der Waals surface area contributed by atoms with Gasteiger partial charge in [-0.1, -0.05) is 48.5 Å². The van der Waals surface area contributed by atoms with Crippen molar-refractivity contribution in [1.82, 2.24) is 20.0 Å². The van der Waals surface area contributed by atoms with Crippen LogP contribution in [0.1, 0.15) is 20.7 Å². The highest BCUT2D eigenvalue weighted by molar-refractivity contribution is 5.94. The zero-order valence-electron chi connectivity index (χ0n) is 18.2. The SMILES string of the molecule is CN1CCN(C(=O)c2ccccc2)CC1.CN1CCNCC1.O=Cc1ccccc1. The van der Waals surface area contributed by atoms with Gasteiger partial charge in [0, 0.05) is 63.5 Å². The third kappa shape index (κ3) is 8.86. The standard InChI is InChI=1S/C12H16N2O.C7H6O.C5H12N2/c1-13-7-9-14(10-8-13)12(15)11-5-3-2-4-6-11;8-6-7-4-2-1-3-5-7;1-7-4-2-6-3-5-7/h2-6H,7-10H2,1H3;1-6H;6H,2-5H2,1H3. The summed E-state index contributed by atoms with van der Waals surface area (Å²) in [5.41, 5.74) is 1.52. The van der Waals surface area contributed by atoms with Crippen molar-refractivity contribution in [2.24, 2.45) is 0 Å². The van der Waals surface area contributed by atoms with Gasteiger partial charge in [0.15, 0.2) is 0 Å². The van der Waals surface area contributed by atoms with Gasteiger partial charge in [0.05, 0.1) is 0 Å². The first-order valence-electron chi connectivity index (χ1n) is 10.5. The quantitative estimate of drug-likeness (QED) is 0.769. The van der Waals surface area contributed by atoms with Crippen molar-refractivity contribution in [3.63, 3.8) is 0 Å². The molecule has 6 nitrogen and oxygen atoms in total. The number of hydrogen-bond acceptors (Lipinski definition) is 5. The van der Waals surface area contributed by atoms with E-state index in [1.165, 1.54) is 13.1 Å². The van der Waals surface area contributed by atoms with Crippen molar-refractivity contribution < 1.29 is 9.59 Å². The van der Waals surface area contributed by atoms with E-state index in [9.17, 15) is 9.59 Å². The Morgan fingerprint density at radius 1 is 0.767 bits per heavy atom. The molecule has 0 radical (unpaired) electrons. The zero-order valence-corrected chi connectivity index (χ0v) is 18.2. The smallest absolute Gasteiger partial charge is 0.253 e. The van der Waals surface area contributed by atoms with Gasteiger partial charge in [-0.15, -0.1) is 0 Å². The fourth-order valence-corrected chi connectivity index (χ4v) is 3.08. The number of benzene rings is 2. The maximum Gasteiger partial charge on any atom is 0.253 e. The molecule has 2 fully saturated rings. The molecule has 2 heterocycles. The lowest BCUT2D eigenvalue weighted by Gasteiger charge is -2.32. The maximum absolute atomic E-state index is 12.0. The van der Waals surface area contributed by atoms with E-state index in [2.05, 4.69) is 29.2 Å². The minimum atomic E-state index is 0.156. The van der Waals surface area contributed by atoms with Crippen LogP contribution in [0, 0.1) is 0 Å². The predicted octanol–water partition coefficient (Wildman–Crippen LogP) is 2.09. The summed E-state index contributed by atoms with van der Waals surface area (Å²) < 4.78 is 0. The maximum atomic E-state index is 12.0. The van der Waals surface area contributed by atoms with E-state index in [-0.39, 0.29) is 5.91 Å². The fourth-order valence-electron chi connectivity index (χ4n) is 3.08. The van der Waals surface area contributed by atoms with Gasteiger partial charge in [0.1, 0.15) is 6.29 Å². The lowest BCUT2D eigenvalue weighted by Crippen LogP contribution is -2.47. The average molecular weight is 411 g/mol. The lowest BCUT2D eigenvalue weighted by atomic mass is 10.2. The molecule has 2 aliphatic heterocycles. The molecule has 0 unspecified atom stereocenters. The van der Waals surface area contributed by atoms with E-state index in [0.29, 0.717) is 0 Å². The molecule has 6 heteroatoms. The number of amides is 1. The van der Waals surface area contributed by atoms with Crippen LogP contribution in [-0.4, -0.2) is 93.3 Å². The Balaban J connectivity index is 0.000000179. The molecule has 1 N–H and O–H groups in total. The second kappa shape index (κ2) is 13.6. The molecule has 0 spiro atoms. The molecule has 0 aromatic heterocycles. The molecule has 2 saturated heterocycles. The topological polar surface area (TPSA) is 55.9 Å². The summed E-state index contributed by atoms with van der Waals surface area (Å²) in [7, 11) is 4.24. The predicted molar refractivity (Wildman–Crippen MR) is 122 cm³/mol. The van der Waals surface area contributed by atoms with Crippen molar-refractivity contribution in [3.05, 3.63) is 71.8 Å². The Bertz CT molecular complexity index is 725. The van der Waals surface area contributed by atoms with Gasteiger partial charge >= 0.3 is 0 Å². The highest BCUT2D eigenvalue weighted by Gasteiger charge is 2.19. The van der Waals surface area contributed by atoms with Crippen LogP contribution in [0.2, 0.25) is 0 Å². The minimum Gasteiger partial charge on any atom is -0.336 e. The first-order valence-corrected chi connectivity index (χ1v) is 10.5. The normalized spacial score (nSPS) is 17.1. The van der Waals surface area contributed by atoms with Crippen LogP contribution in [-0.2, 0) is 0 Å². The number of hydrogen-bond donors (Lipinski definition) is 1. The van der Waals surface area contributed by atoms with Gasteiger partial charge in [-0.05, 0) is 26.2 Å². The van der Waals surface area contributed by atoms with Gasteiger partial charge in [-0.2, -0.15) is 0 Å². The molecule has 1 amide bonds.